The van der Waals surface area contributed by atoms with Crippen LogP contribution >= 0.6 is 0 Å². The minimum atomic E-state index is 0.222. The zero-order chi connectivity index (χ0) is 13.5. The van der Waals surface area contributed by atoms with Crippen molar-refractivity contribution in [2.45, 2.75) is 20.0 Å². The third-order valence-electron chi connectivity index (χ3n) is 3.01. The second kappa shape index (κ2) is 7.07. The molecular formula is C15H21N3O. The van der Waals surface area contributed by atoms with E-state index in [1.807, 2.05) is 36.0 Å². The van der Waals surface area contributed by atoms with Gasteiger partial charge in [0.15, 0.2) is 0 Å². The Kier molecular flexibility index (Phi) is 5.12. The van der Waals surface area contributed by atoms with Gasteiger partial charge in [-0.2, -0.15) is 5.10 Å². The van der Waals surface area contributed by atoms with E-state index in [2.05, 4.69) is 28.7 Å². The summed E-state index contributed by atoms with van der Waals surface area (Å²) in [5, 5.41) is 16.6. The number of benzene rings is 1. The summed E-state index contributed by atoms with van der Waals surface area (Å²) in [5.41, 5.74) is 2.42. The molecule has 0 saturated heterocycles. The normalized spacial score (nSPS) is 12.5. The minimum absolute atomic E-state index is 0.222. The Bertz CT molecular complexity index is 481. The predicted octanol–water partition coefficient (Wildman–Crippen LogP) is 1.65. The highest BCUT2D eigenvalue weighted by Gasteiger charge is 2.02. The fourth-order valence-corrected chi connectivity index (χ4v) is 1.88. The van der Waals surface area contributed by atoms with E-state index in [4.69, 9.17) is 5.11 Å². The lowest BCUT2D eigenvalue weighted by Gasteiger charge is -2.07. The minimum Gasteiger partial charge on any atom is -0.396 e. The van der Waals surface area contributed by atoms with Crippen molar-refractivity contribution in [3.8, 4) is 0 Å². The molecule has 1 heterocycles. The Balaban J connectivity index is 1.82. The number of aliphatic hydroxyl groups is 1. The van der Waals surface area contributed by atoms with Gasteiger partial charge in [-0.25, -0.2) is 0 Å². The van der Waals surface area contributed by atoms with Gasteiger partial charge in [-0.3, -0.25) is 4.68 Å². The highest BCUT2D eigenvalue weighted by molar-refractivity contribution is 5.15. The number of aromatic nitrogens is 2. The quantitative estimate of drug-likeness (QED) is 0.795. The number of hydrogen-bond donors (Lipinski definition) is 2. The van der Waals surface area contributed by atoms with Gasteiger partial charge in [0.2, 0.25) is 0 Å². The summed E-state index contributed by atoms with van der Waals surface area (Å²) in [5.74, 6) is 0.291. The van der Waals surface area contributed by atoms with Crippen LogP contribution in [-0.2, 0) is 13.1 Å². The van der Waals surface area contributed by atoms with Gasteiger partial charge < -0.3 is 10.4 Å². The number of rotatable bonds is 7. The molecular weight excluding hydrogens is 238 g/mol. The molecule has 102 valence electrons. The third kappa shape index (κ3) is 4.50. The van der Waals surface area contributed by atoms with Crippen LogP contribution in [0.3, 0.4) is 0 Å². The fourth-order valence-electron chi connectivity index (χ4n) is 1.88. The van der Waals surface area contributed by atoms with E-state index < -0.39 is 0 Å². The summed E-state index contributed by atoms with van der Waals surface area (Å²) in [6.07, 6.45) is 3.95. The Morgan fingerprint density at radius 2 is 2.05 bits per heavy atom. The van der Waals surface area contributed by atoms with Crippen molar-refractivity contribution in [2.24, 2.45) is 5.92 Å². The molecule has 1 aromatic carbocycles. The summed E-state index contributed by atoms with van der Waals surface area (Å²) in [4.78, 5) is 0. The molecule has 2 N–H and O–H groups in total. The maximum Gasteiger partial charge on any atom is 0.0659 e. The lowest BCUT2D eigenvalue weighted by molar-refractivity contribution is 0.233. The second-order valence-electron chi connectivity index (χ2n) is 4.95. The van der Waals surface area contributed by atoms with Gasteiger partial charge in [-0.1, -0.05) is 37.3 Å². The van der Waals surface area contributed by atoms with E-state index in [0.29, 0.717) is 5.92 Å². The van der Waals surface area contributed by atoms with Crippen molar-refractivity contribution in [2.75, 3.05) is 13.2 Å². The van der Waals surface area contributed by atoms with Gasteiger partial charge in [0.25, 0.3) is 0 Å². The molecule has 0 amide bonds. The summed E-state index contributed by atoms with van der Waals surface area (Å²) >= 11 is 0. The van der Waals surface area contributed by atoms with Gasteiger partial charge >= 0.3 is 0 Å². The van der Waals surface area contributed by atoms with Crippen molar-refractivity contribution in [3.63, 3.8) is 0 Å². The van der Waals surface area contributed by atoms with Gasteiger partial charge in [-0.05, 0) is 11.5 Å². The summed E-state index contributed by atoms with van der Waals surface area (Å²) in [6, 6.07) is 10.3. The first-order valence-corrected chi connectivity index (χ1v) is 6.64. The van der Waals surface area contributed by atoms with Crippen LogP contribution in [0.25, 0.3) is 0 Å². The maximum atomic E-state index is 8.94. The average Bonchev–Trinajstić information content (AvgIpc) is 2.87. The zero-order valence-electron chi connectivity index (χ0n) is 11.3. The average molecular weight is 259 g/mol. The lowest BCUT2D eigenvalue weighted by atomic mass is 10.2. The smallest absolute Gasteiger partial charge is 0.0659 e. The van der Waals surface area contributed by atoms with E-state index in [1.54, 1.807) is 0 Å². The first-order chi connectivity index (χ1) is 9.28. The SMILES string of the molecule is CC(CO)CNCc1cnn(Cc2ccccc2)c1. The molecule has 0 spiro atoms. The van der Waals surface area contributed by atoms with Crippen LogP contribution in [-0.4, -0.2) is 28.0 Å². The molecule has 19 heavy (non-hydrogen) atoms. The van der Waals surface area contributed by atoms with Gasteiger partial charge in [0.05, 0.1) is 12.7 Å². The van der Waals surface area contributed by atoms with Crippen LogP contribution in [0.4, 0.5) is 0 Å². The molecule has 0 aliphatic heterocycles. The van der Waals surface area contributed by atoms with Crippen molar-refractivity contribution >= 4 is 0 Å². The summed E-state index contributed by atoms with van der Waals surface area (Å²) < 4.78 is 1.95. The molecule has 0 bridgehead atoms. The fraction of sp³-hybridized carbons (Fsp3) is 0.400. The molecule has 4 heteroatoms. The van der Waals surface area contributed by atoms with E-state index in [-0.39, 0.29) is 6.61 Å². The van der Waals surface area contributed by atoms with Crippen LogP contribution in [0.2, 0.25) is 0 Å². The van der Waals surface area contributed by atoms with Crippen molar-refractivity contribution in [3.05, 3.63) is 53.9 Å². The number of nitrogens with one attached hydrogen (secondary N) is 1. The molecule has 4 nitrogen and oxygen atoms in total. The van der Waals surface area contributed by atoms with E-state index in [0.717, 1.165) is 19.6 Å². The van der Waals surface area contributed by atoms with E-state index >= 15 is 0 Å². The molecule has 0 aliphatic carbocycles. The molecule has 2 aromatic rings. The number of hydrogen-bond acceptors (Lipinski definition) is 3. The second-order valence-corrected chi connectivity index (χ2v) is 4.95. The van der Waals surface area contributed by atoms with Gasteiger partial charge in [0, 0.05) is 31.5 Å². The standard InChI is InChI=1S/C15H21N3O/c1-13(12-19)7-16-8-15-9-17-18(11-15)10-14-5-3-2-4-6-14/h2-6,9,11,13,16,19H,7-8,10,12H2,1H3. The van der Waals surface area contributed by atoms with Gasteiger partial charge in [-0.15, -0.1) is 0 Å². The molecule has 1 unspecified atom stereocenters. The monoisotopic (exact) mass is 259 g/mol. The molecule has 2 rings (SSSR count). The Labute approximate surface area is 114 Å². The molecule has 0 saturated carbocycles. The van der Waals surface area contributed by atoms with Gasteiger partial charge in [0.1, 0.15) is 0 Å². The van der Waals surface area contributed by atoms with Crippen molar-refractivity contribution < 1.29 is 5.11 Å². The summed E-state index contributed by atoms with van der Waals surface area (Å²) in [7, 11) is 0. The predicted molar refractivity (Wildman–Crippen MR) is 75.7 cm³/mol. The van der Waals surface area contributed by atoms with E-state index in [1.165, 1.54) is 11.1 Å². The molecule has 0 fully saturated rings. The van der Waals surface area contributed by atoms with Crippen molar-refractivity contribution in [1.29, 1.82) is 0 Å². The van der Waals surface area contributed by atoms with Crippen molar-refractivity contribution in [1.82, 2.24) is 15.1 Å². The Morgan fingerprint density at radius 3 is 2.79 bits per heavy atom. The van der Waals surface area contributed by atoms with Crippen LogP contribution in [0, 0.1) is 5.92 Å². The topological polar surface area (TPSA) is 50.1 Å². The highest BCUT2D eigenvalue weighted by Crippen LogP contribution is 2.04. The maximum absolute atomic E-state index is 8.94. The summed E-state index contributed by atoms with van der Waals surface area (Å²) in [6.45, 7) is 4.65. The van der Waals surface area contributed by atoms with Crippen LogP contribution < -0.4 is 5.32 Å². The first kappa shape index (κ1) is 13.8. The van der Waals surface area contributed by atoms with Crippen LogP contribution in [0.5, 0.6) is 0 Å². The van der Waals surface area contributed by atoms with Crippen LogP contribution in [0.15, 0.2) is 42.7 Å². The number of nitrogens with zero attached hydrogens (tertiary/aromatic N) is 2. The molecule has 1 aromatic heterocycles. The zero-order valence-corrected chi connectivity index (χ0v) is 11.3. The van der Waals surface area contributed by atoms with E-state index in [9.17, 15) is 0 Å². The third-order valence-corrected chi connectivity index (χ3v) is 3.01. The molecule has 1 atom stereocenters. The lowest BCUT2D eigenvalue weighted by Crippen LogP contribution is -2.22. The van der Waals surface area contributed by atoms with Crippen LogP contribution in [0.1, 0.15) is 18.1 Å². The molecule has 0 radical (unpaired) electrons. The molecule has 0 aliphatic rings. The largest absolute Gasteiger partial charge is 0.396 e. The number of aliphatic hydroxyl groups excluding tert-OH is 1. The Hall–Kier alpha value is -1.65. The first-order valence-electron chi connectivity index (χ1n) is 6.64. The highest BCUT2D eigenvalue weighted by atomic mass is 16.3. The Morgan fingerprint density at radius 1 is 1.26 bits per heavy atom.